The average Bonchev–Trinajstić information content (AvgIpc) is 1.90. The molecule has 1 aliphatic rings. The molecule has 0 radical (unpaired) electrons. The van der Waals surface area contributed by atoms with Gasteiger partial charge in [0.2, 0.25) is 0 Å². The summed E-state index contributed by atoms with van der Waals surface area (Å²) in [5, 5.41) is 11.9. The Morgan fingerprint density at radius 1 is 1.78 bits per heavy atom. The van der Waals surface area contributed by atoms with Crippen LogP contribution < -0.4 is 10.4 Å². The lowest BCUT2D eigenvalue weighted by Gasteiger charge is -2.20. The second-order valence-corrected chi connectivity index (χ2v) is 2.02. The van der Waals surface area contributed by atoms with E-state index >= 15 is 0 Å². The van der Waals surface area contributed by atoms with Gasteiger partial charge in [-0.1, -0.05) is 0 Å². The molecule has 1 saturated heterocycles. The Morgan fingerprint density at radius 3 is 2.89 bits per heavy atom. The molecule has 0 saturated carbocycles. The van der Waals surface area contributed by atoms with Crippen molar-refractivity contribution < 1.29 is 20.0 Å². The highest BCUT2D eigenvalue weighted by atomic mass is 16.5. The van der Waals surface area contributed by atoms with Crippen molar-refractivity contribution in [1.82, 2.24) is 0 Å². The van der Waals surface area contributed by atoms with Gasteiger partial charge in [0.05, 0.1) is 13.2 Å². The van der Waals surface area contributed by atoms with Crippen molar-refractivity contribution in [3.8, 4) is 0 Å². The Bertz CT molecular complexity index is 109. The number of quaternary nitrogens is 1. The van der Waals surface area contributed by atoms with Gasteiger partial charge in [0.25, 0.3) is 0 Å². The van der Waals surface area contributed by atoms with Gasteiger partial charge in [-0.25, -0.2) is 0 Å². The van der Waals surface area contributed by atoms with Crippen molar-refractivity contribution in [3.63, 3.8) is 0 Å². The molecule has 1 atom stereocenters. The predicted molar refractivity (Wildman–Crippen MR) is 26.4 cm³/mol. The first kappa shape index (κ1) is 6.51. The minimum absolute atomic E-state index is 0.280. The number of ether oxygens (including phenoxy) is 1. The standard InChI is InChI=1S/C5H9NO3/c7-5(8)4-3-9-2-1-6-4/h4,6H,1-3H2,(H,7,8)/t4-/m1/s1. The summed E-state index contributed by atoms with van der Waals surface area (Å²) in [4.78, 5) is 10.1. The average molecular weight is 131 g/mol. The summed E-state index contributed by atoms with van der Waals surface area (Å²) >= 11 is 0. The van der Waals surface area contributed by atoms with Crippen LogP contribution in [-0.2, 0) is 9.53 Å². The van der Waals surface area contributed by atoms with E-state index in [1.165, 1.54) is 0 Å². The zero-order chi connectivity index (χ0) is 6.69. The van der Waals surface area contributed by atoms with E-state index < -0.39 is 12.0 Å². The lowest BCUT2D eigenvalue weighted by molar-refractivity contribution is -0.698. The van der Waals surface area contributed by atoms with E-state index in [0.29, 0.717) is 6.61 Å². The number of nitrogens with two attached hydrogens (primary N) is 1. The first-order chi connectivity index (χ1) is 4.30. The van der Waals surface area contributed by atoms with E-state index in [1.807, 2.05) is 0 Å². The van der Waals surface area contributed by atoms with Crippen LogP contribution in [-0.4, -0.2) is 31.8 Å². The van der Waals surface area contributed by atoms with Crippen molar-refractivity contribution in [2.24, 2.45) is 0 Å². The van der Waals surface area contributed by atoms with Crippen LogP contribution in [0, 0.1) is 0 Å². The highest BCUT2D eigenvalue weighted by Crippen LogP contribution is 1.81. The fourth-order valence-corrected chi connectivity index (χ4v) is 0.795. The fraction of sp³-hybridized carbons (Fsp3) is 0.800. The number of carbonyl (C=O) groups is 1. The van der Waals surface area contributed by atoms with Crippen LogP contribution in [0.3, 0.4) is 0 Å². The van der Waals surface area contributed by atoms with Gasteiger partial charge in [0.1, 0.15) is 18.6 Å². The van der Waals surface area contributed by atoms with E-state index in [0.717, 1.165) is 6.54 Å². The molecule has 4 nitrogen and oxygen atoms in total. The van der Waals surface area contributed by atoms with E-state index in [1.54, 1.807) is 5.32 Å². The Morgan fingerprint density at radius 2 is 2.56 bits per heavy atom. The topological polar surface area (TPSA) is 66.0 Å². The Kier molecular flexibility index (Phi) is 2.02. The lowest BCUT2D eigenvalue weighted by Crippen LogP contribution is -2.96. The molecular formula is C5H9NO3. The van der Waals surface area contributed by atoms with Crippen molar-refractivity contribution in [2.45, 2.75) is 6.04 Å². The molecule has 0 aliphatic carbocycles. The Hall–Kier alpha value is -0.610. The smallest absolute Gasteiger partial charge is 0.150 e. The molecule has 1 heterocycles. The minimum Gasteiger partial charge on any atom is -0.544 e. The normalized spacial score (nSPS) is 27.8. The lowest BCUT2D eigenvalue weighted by atomic mass is 10.3. The van der Waals surface area contributed by atoms with Gasteiger partial charge in [-0.05, 0) is 0 Å². The molecule has 52 valence electrons. The van der Waals surface area contributed by atoms with Crippen LogP contribution >= 0.6 is 0 Å². The highest BCUT2D eigenvalue weighted by Gasteiger charge is 2.16. The molecule has 9 heavy (non-hydrogen) atoms. The maximum absolute atomic E-state index is 10.1. The number of carbonyl (C=O) groups excluding carboxylic acids is 1. The number of carboxylic acids is 1. The predicted octanol–water partition coefficient (Wildman–Crippen LogP) is -3.30. The summed E-state index contributed by atoms with van der Waals surface area (Å²) in [7, 11) is 0. The van der Waals surface area contributed by atoms with Gasteiger partial charge in [0.15, 0.2) is 0 Å². The first-order valence-corrected chi connectivity index (χ1v) is 2.92. The molecule has 0 unspecified atom stereocenters. The summed E-state index contributed by atoms with van der Waals surface area (Å²) in [6, 6.07) is -0.487. The van der Waals surface area contributed by atoms with E-state index in [-0.39, 0.29) is 6.61 Å². The zero-order valence-electron chi connectivity index (χ0n) is 5.00. The number of morpholine rings is 1. The van der Waals surface area contributed by atoms with Crippen molar-refractivity contribution in [1.29, 1.82) is 0 Å². The first-order valence-electron chi connectivity index (χ1n) is 2.92. The quantitative estimate of drug-likeness (QED) is 0.405. The van der Waals surface area contributed by atoms with Gasteiger partial charge in [-0.2, -0.15) is 0 Å². The number of hydrogen-bond acceptors (Lipinski definition) is 3. The molecule has 2 N–H and O–H groups in total. The second-order valence-electron chi connectivity index (χ2n) is 2.02. The molecule has 0 bridgehead atoms. The van der Waals surface area contributed by atoms with Crippen LogP contribution in [0.2, 0.25) is 0 Å². The molecular weight excluding hydrogens is 122 g/mol. The van der Waals surface area contributed by atoms with Crippen molar-refractivity contribution >= 4 is 5.97 Å². The van der Waals surface area contributed by atoms with E-state index in [2.05, 4.69) is 0 Å². The van der Waals surface area contributed by atoms with Crippen molar-refractivity contribution in [3.05, 3.63) is 0 Å². The Labute approximate surface area is 52.8 Å². The number of aliphatic carboxylic acids is 1. The molecule has 1 aliphatic heterocycles. The summed E-state index contributed by atoms with van der Waals surface area (Å²) in [5.74, 6) is -1.03. The Balaban J connectivity index is 2.31. The van der Waals surface area contributed by atoms with Gasteiger partial charge in [-0.3, -0.25) is 0 Å². The summed E-state index contributed by atoms with van der Waals surface area (Å²) in [6.07, 6.45) is 0. The highest BCUT2D eigenvalue weighted by molar-refractivity contribution is 5.69. The van der Waals surface area contributed by atoms with Gasteiger partial charge in [0, 0.05) is 0 Å². The minimum atomic E-state index is -1.03. The number of carboxylic acid groups (broad SMARTS) is 1. The van der Waals surface area contributed by atoms with Crippen molar-refractivity contribution in [2.75, 3.05) is 19.8 Å². The molecule has 0 spiro atoms. The summed E-state index contributed by atoms with van der Waals surface area (Å²) < 4.78 is 4.89. The molecule has 0 amide bonds. The maximum Gasteiger partial charge on any atom is 0.150 e. The van der Waals surface area contributed by atoms with Gasteiger partial charge < -0.3 is 20.0 Å². The van der Waals surface area contributed by atoms with Gasteiger partial charge in [-0.15, -0.1) is 0 Å². The summed E-state index contributed by atoms with van der Waals surface area (Å²) in [6.45, 7) is 1.64. The SMILES string of the molecule is O=C([O-])[C@H]1COCC[NH2+]1. The van der Waals surface area contributed by atoms with Crippen LogP contribution in [0.1, 0.15) is 0 Å². The molecule has 0 aromatic rings. The summed E-state index contributed by atoms with van der Waals surface area (Å²) in [5.41, 5.74) is 0. The zero-order valence-corrected chi connectivity index (χ0v) is 5.00. The van der Waals surface area contributed by atoms with E-state index in [9.17, 15) is 9.90 Å². The monoisotopic (exact) mass is 131 g/mol. The molecule has 1 rings (SSSR count). The van der Waals surface area contributed by atoms with Crippen LogP contribution in [0.5, 0.6) is 0 Å². The van der Waals surface area contributed by atoms with Crippen LogP contribution in [0.15, 0.2) is 0 Å². The number of hydrogen-bond donors (Lipinski definition) is 1. The van der Waals surface area contributed by atoms with Gasteiger partial charge >= 0.3 is 0 Å². The molecule has 4 heteroatoms. The third-order valence-corrected chi connectivity index (χ3v) is 1.31. The third-order valence-electron chi connectivity index (χ3n) is 1.31. The second kappa shape index (κ2) is 2.80. The van der Waals surface area contributed by atoms with E-state index in [4.69, 9.17) is 4.74 Å². The van der Waals surface area contributed by atoms with Crippen LogP contribution in [0.4, 0.5) is 0 Å². The largest absolute Gasteiger partial charge is 0.544 e. The number of rotatable bonds is 1. The maximum atomic E-state index is 10.1. The fourth-order valence-electron chi connectivity index (χ4n) is 0.795. The molecule has 0 aromatic carbocycles. The molecule has 1 fully saturated rings. The third kappa shape index (κ3) is 1.65. The van der Waals surface area contributed by atoms with Crippen LogP contribution in [0.25, 0.3) is 0 Å². The molecule has 0 aromatic heterocycles.